The van der Waals surface area contributed by atoms with Crippen molar-refractivity contribution in [3.63, 3.8) is 0 Å². The Labute approximate surface area is 87.3 Å². The number of thiophene rings is 1. The van der Waals surface area contributed by atoms with E-state index < -0.39 is 0 Å². The summed E-state index contributed by atoms with van der Waals surface area (Å²) in [6.07, 6.45) is 0. The van der Waals surface area contributed by atoms with Gasteiger partial charge in [0.25, 0.3) is 0 Å². The van der Waals surface area contributed by atoms with E-state index in [1.807, 2.05) is 11.4 Å². The van der Waals surface area contributed by atoms with Gasteiger partial charge in [-0.3, -0.25) is 0 Å². The maximum atomic E-state index is 5.98. The minimum Gasteiger partial charge on any atom is -0.398 e. The number of benzene rings is 1. The van der Waals surface area contributed by atoms with E-state index in [0.29, 0.717) is 10.7 Å². The van der Waals surface area contributed by atoms with Gasteiger partial charge in [-0.05, 0) is 33.4 Å². The largest absolute Gasteiger partial charge is 0.398 e. The van der Waals surface area contributed by atoms with Gasteiger partial charge in [-0.15, -0.1) is 11.3 Å². The molecule has 1 aromatic heterocycles. The lowest BCUT2D eigenvalue weighted by Gasteiger charge is -2.00. The number of hydrogen-bond donors (Lipinski definition) is 1. The molecule has 0 atom stereocenters. The van der Waals surface area contributed by atoms with Crippen molar-refractivity contribution in [1.82, 2.24) is 0 Å². The number of fused-ring (bicyclic) bond motifs is 1. The second-order valence-corrected chi connectivity index (χ2v) is 4.54. The molecule has 2 N–H and O–H groups in total. The molecule has 0 aliphatic carbocycles. The highest BCUT2D eigenvalue weighted by Gasteiger charge is 2.07. The molecule has 0 spiro atoms. The van der Waals surface area contributed by atoms with Crippen LogP contribution in [-0.2, 0) is 0 Å². The molecule has 0 aliphatic heterocycles. The summed E-state index contributed by atoms with van der Waals surface area (Å²) in [6, 6.07) is 3.76. The number of nitrogens with two attached hydrogens (primary N) is 1. The summed E-state index contributed by atoms with van der Waals surface area (Å²) in [5.74, 6) is 0. The fraction of sp³-hybridized carbons (Fsp3) is 0. The van der Waals surface area contributed by atoms with E-state index >= 15 is 0 Å². The first kappa shape index (κ1) is 8.35. The second kappa shape index (κ2) is 2.91. The van der Waals surface area contributed by atoms with Crippen LogP contribution in [0.25, 0.3) is 10.1 Å². The summed E-state index contributed by atoms with van der Waals surface area (Å²) in [4.78, 5) is 0. The first-order chi connectivity index (χ1) is 5.70. The van der Waals surface area contributed by atoms with Gasteiger partial charge in [-0.1, -0.05) is 11.6 Å². The van der Waals surface area contributed by atoms with Crippen molar-refractivity contribution in [2.45, 2.75) is 0 Å². The molecule has 0 amide bonds. The molecule has 62 valence electrons. The highest BCUT2D eigenvalue weighted by Crippen LogP contribution is 2.37. The van der Waals surface area contributed by atoms with Gasteiger partial charge in [-0.25, -0.2) is 0 Å². The van der Waals surface area contributed by atoms with Gasteiger partial charge in [0.2, 0.25) is 0 Å². The average Bonchev–Trinajstić information content (AvgIpc) is 2.48. The van der Waals surface area contributed by atoms with Gasteiger partial charge in [-0.2, -0.15) is 0 Å². The minimum atomic E-state index is 0.690. The molecule has 0 unspecified atom stereocenters. The second-order valence-electron chi connectivity index (χ2n) is 2.42. The van der Waals surface area contributed by atoms with Crippen molar-refractivity contribution in [2.75, 3.05) is 5.73 Å². The zero-order valence-electron chi connectivity index (χ0n) is 5.97. The Hall–Kier alpha value is -0.250. The third kappa shape index (κ3) is 1.13. The van der Waals surface area contributed by atoms with E-state index in [4.69, 9.17) is 17.3 Å². The highest BCUT2D eigenvalue weighted by atomic mass is 79.9. The highest BCUT2D eigenvalue weighted by molar-refractivity contribution is 9.10. The number of hydrogen-bond acceptors (Lipinski definition) is 2. The lowest BCUT2D eigenvalue weighted by Crippen LogP contribution is -1.85. The third-order valence-electron chi connectivity index (χ3n) is 1.66. The summed E-state index contributed by atoms with van der Waals surface area (Å²) in [7, 11) is 0. The van der Waals surface area contributed by atoms with Crippen molar-refractivity contribution in [2.24, 2.45) is 0 Å². The van der Waals surface area contributed by atoms with Crippen molar-refractivity contribution < 1.29 is 0 Å². The maximum absolute atomic E-state index is 5.98. The molecule has 2 rings (SSSR count). The van der Waals surface area contributed by atoms with E-state index in [9.17, 15) is 0 Å². The average molecular weight is 263 g/mol. The molecule has 2 aromatic rings. The Morgan fingerprint density at radius 3 is 3.00 bits per heavy atom. The molecule has 1 aromatic carbocycles. The van der Waals surface area contributed by atoms with Gasteiger partial charge < -0.3 is 5.73 Å². The first-order valence-corrected chi connectivity index (χ1v) is 5.36. The smallest absolute Gasteiger partial charge is 0.0584 e. The predicted molar refractivity (Wildman–Crippen MR) is 58.9 cm³/mol. The van der Waals surface area contributed by atoms with Gasteiger partial charge in [0, 0.05) is 11.1 Å². The normalized spacial score (nSPS) is 10.8. The van der Waals surface area contributed by atoms with Crippen LogP contribution in [0.5, 0.6) is 0 Å². The van der Waals surface area contributed by atoms with Gasteiger partial charge >= 0.3 is 0 Å². The van der Waals surface area contributed by atoms with Crippen molar-refractivity contribution in [1.29, 1.82) is 0 Å². The standard InChI is InChI=1S/C8H5BrClNS/c9-7-6(11)3-5(10)4-1-2-12-8(4)7/h1-3H,11H2. The molecule has 0 saturated heterocycles. The van der Waals surface area contributed by atoms with E-state index in [0.717, 1.165) is 14.6 Å². The molecular weight excluding hydrogens is 258 g/mol. The van der Waals surface area contributed by atoms with Crippen molar-refractivity contribution in [3.8, 4) is 0 Å². The molecule has 1 nitrogen and oxygen atoms in total. The summed E-state index contributed by atoms with van der Waals surface area (Å²) in [5, 5.41) is 3.77. The number of halogens is 2. The Morgan fingerprint density at radius 2 is 2.25 bits per heavy atom. The number of anilines is 1. The van der Waals surface area contributed by atoms with Crippen LogP contribution in [0.1, 0.15) is 0 Å². The molecule has 1 heterocycles. The van der Waals surface area contributed by atoms with E-state index in [1.165, 1.54) is 0 Å². The Morgan fingerprint density at radius 1 is 1.50 bits per heavy atom. The fourth-order valence-corrected chi connectivity index (χ4v) is 2.88. The maximum Gasteiger partial charge on any atom is 0.0584 e. The molecule has 0 aliphatic rings. The topological polar surface area (TPSA) is 26.0 Å². The van der Waals surface area contributed by atoms with E-state index in [1.54, 1.807) is 17.4 Å². The first-order valence-electron chi connectivity index (χ1n) is 3.31. The summed E-state index contributed by atoms with van der Waals surface area (Å²) in [5.41, 5.74) is 6.41. The molecule has 0 bridgehead atoms. The summed E-state index contributed by atoms with van der Waals surface area (Å²) in [6.45, 7) is 0. The fourth-order valence-electron chi connectivity index (χ4n) is 1.08. The molecular formula is C8H5BrClNS. The van der Waals surface area contributed by atoms with Crippen LogP contribution >= 0.6 is 38.9 Å². The zero-order chi connectivity index (χ0) is 8.72. The minimum absolute atomic E-state index is 0.690. The quantitative estimate of drug-likeness (QED) is 0.716. The summed E-state index contributed by atoms with van der Waals surface area (Å²) >= 11 is 11.0. The monoisotopic (exact) mass is 261 g/mol. The lowest BCUT2D eigenvalue weighted by atomic mass is 10.2. The third-order valence-corrected chi connectivity index (χ3v) is 4.02. The molecule has 4 heteroatoms. The van der Waals surface area contributed by atoms with Crippen molar-refractivity contribution in [3.05, 3.63) is 27.0 Å². The van der Waals surface area contributed by atoms with Gasteiger partial charge in [0.1, 0.15) is 0 Å². The Balaban J connectivity index is 2.97. The molecule has 0 radical (unpaired) electrons. The van der Waals surface area contributed by atoms with Crippen LogP contribution in [0.15, 0.2) is 22.0 Å². The van der Waals surface area contributed by atoms with Gasteiger partial charge in [0.15, 0.2) is 0 Å². The van der Waals surface area contributed by atoms with E-state index in [2.05, 4.69) is 15.9 Å². The van der Waals surface area contributed by atoms with Crippen molar-refractivity contribution >= 4 is 54.6 Å². The van der Waals surface area contributed by atoms with E-state index in [-0.39, 0.29) is 0 Å². The predicted octanol–water partition coefficient (Wildman–Crippen LogP) is 3.90. The van der Waals surface area contributed by atoms with Crippen LogP contribution in [-0.4, -0.2) is 0 Å². The van der Waals surface area contributed by atoms with Crippen LogP contribution in [0.2, 0.25) is 5.02 Å². The Kier molecular flexibility index (Phi) is 2.02. The number of nitrogen functional groups attached to an aromatic ring is 1. The van der Waals surface area contributed by atoms with Crippen LogP contribution in [0.3, 0.4) is 0 Å². The Bertz CT molecular complexity index is 438. The molecule has 12 heavy (non-hydrogen) atoms. The zero-order valence-corrected chi connectivity index (χ0v) is 9.13. The SMILES string of the molecule is Nc1cc(Cl)c2ccsc2c1Br. The lowest BCUT2D eigenvalue weighted by molar-refractivity contribution is 1.74. The molecule has 0 saturated carbocycles. The van der Waals surface area contributed by atoms with Gasteiger partial charge in [0.05, 0.1) is 14.2 Å². The van der Waals surface area contributed by atoms with Crippen LogP contribution < -0.4 is 5.73 Å². The van der Waals surface area contributed by atoms with Crippen LogP contribution in [0.4, 0.5) is 5.69 Å². The number of rotatable bonds is 0. The molecule has 0 fully saturated rings. The van der Waals surface area contributed by atoms with Crippen LogP contribution in [0, 0.1) is 0 Å². The summed E-state index contributed by atoms with van der Waals surface area (Å²) < 4.78 is 2.05.